The Morgan fingerprint density at radius 2 is 2.06 bits per heavy atom. The maximum Gasteiger partial charge on any atom is 0.311 e. The van der Waals surface area contributed by atoms with Crippen LogP contribution in [0.25, 0.3) is 0 Å². The van der Waals surface area contributed by atoms with Crippen LogP contribution in [0, 0.1) is 32.8 Å². The molecule has 1 N–H and O–H groups in total. The maximum atomic E-state index is 10.9. The molecule has 1 aromatic heterocycles. The summed E-state index contributed by atoms with van der Waals surface area (Å²) in [7, 11) is 1.62. The van der Waals surface area contributed by atoms with Gasteiger partial charge in [0.1, 0.15) is 18.9 Å². The third kappa shape index (κ3) is 2.83. The Morgan fingerprint density at radius 1 is 1.44 bits per heavy atom. The number of anilines is 2. The highest BCUT2D eigenvalue weighted by atomic mass is 16.6. The minimum atomic E-state index is -0.594. The van der Waals surface area contributed by atoms with E-state index in [9.17, 15) is 10.1 Å². The summed E-state index contributed by atoms with van der Waals surface area (Å²) >= 11 is 0. The van der Waals surface area contributed by atoms with Crippen molar-refractivity contribution in [3.05, 3.63) is 22.2 Å². The predicted octanol–water partition coefficient (Wildman–Crippen LogP) is 0.885. The van der Waals surface area contributed by atoms with Gasteiger partial charge in [-0.05, 0) is 6.07 Å². The number of nitrogens with zero attached hydrogens (tertiary/aromatic N) is 5. The third-order valence-corrected chi connectivity index (χ3v) is 2.13. The fourth-order valence-corrected chi connectivity index (χ4v) is 1.33. The van der Waals surface area contributed by atoms with Gasteiger partial charge in [0.25, 0.3) is 0 Å². The van der Waals surface area contributed by atoms with E-state index >= 15 is 0 Å². The van der Waals surface area contributed by atoms with E-state index in [2.05, 4.69) is 10.3 Å². The lowest BCUT2D eigenvalue weighted by Gasteiger charge is -2.17. The lowest BCUT2D eigenvalue weighted by molar-refractivity contribution is -0.384. The second-order valence-corrected chi connectivity index (χ2v) is 3.22. The van der Waals surface area contributed by atoms with E-state index in [4.69, 9.17) is 10.5 Å². The molecule has 0 spiro atoms. The number of nitrogens with one attached hydrogen (secondary N) is 1. The zero-order valence-electron chi connectivity index (χ0n) is 9.62. The second-order valence-electron chi connectivity index (χ2n) is 3.22. The molecule has 1 aromatic rings. The van der Waals surface area contributed by atoms with Crippen molar-refractivity contribution in [2.75, 3.05) is 30.4 Å². The van der Waals surface area contributed by atoms with Crippen LogP contribution < -0.4 is 10.2 Å². The quantitative estimate of drug-likeness (QED) is 0.465. The van der Waals surface area contributed by atoms with E-state index in [-0.39, 0.29) is 24.6 Å². The van der Waals surface area contributed by atoms with Gasteiger partial charge < -0.3 is 10.2 Å². The largest absolute Gasteiger partial charge is 0.373 e. The summed E-state index contributed by atoms with van der Waals surface area (Å²) in [5.74, 6) is 0.437. The minimum Gasteiger partial charge on any atom is -0.373 e. The minimum absolute atomic E-state index is 0.00921. The zero-order chi connectivity index (χ0) is 13.5. The Morgan fingerprint density at radius 3 is 2.50 bits per heavy atom. The first kappa shape index (κ1) is 13.2. The number of nitriles is 2. The van der Waals surface area contributed by atoms with E-state index in [1.807, 2.05) is 12.1 Å². The Bertz CT molecular complexity index is 514. The number of hydrogen-bond acceptors (Lipinski definition) is 7. The molecule has 0 radical (unpaired) electrons. The summed E-state index contributed by atoms with van der Waals surface area (Å²) in [5, 5.41) is 31.0. The SMILES string of the molecule is CNc1ccc([N+](=O)[O-])c(N(CC#N)CC#N)n1. The van der Waals surface area contributed by atoms with Crippen molar-refractivity contribution in [2.45, 2.75) is 0 Å². The monoisotopic (exact) mass is 246 g/mol. The molecular formula is C10H10N6O2. The van der Waals surface area contributed by atoms with Crippen molar-refractivity contribution in [1.82, 2.24) is 4.98 Å². The average Bonchev–Trinajstić information content (AvgIpc) is 2.37. The summed E-state index contributed by atoms with van der Waals surface area (Å²) in [6.07, 6.45) is 0. The van der Waals surface area contributed by atoms with Crippen LogP contribution in [-0.4, -0.2) is 30.0 Å². The molecule has 0 saturated heterocycles. The molecule has 0 bridgehead atoms. The molecule has 1 rings (SSSR count). The van der Waals surface area contributed by atoms with Crippen LogP contribution in [0.5, 0.6) is 0 Å². The van der Waals surface area contributed by atoms with Crippen LogP contribution in [0.2, 0.25) is 0 Å². The third-order valence-electron chi connectivity index (χ3n) is 2.13. The predicted molar refractivity (Wildman–Crippen MR) is 63.9 cm³/mol. The van der Waals surface area contributed by atoms with Crippen LogP contribution in [0.3, 0.4) is 0 Å². The average molecular weight is 246 g/mol. The van der Waals surface area contributed by atoms with E-state index in [1.54, 1.807) is 7.05 Å². The van der Waals surface area contributed by atoms with Gasteiger partial charge in [-0.15, -0.1) is 0 Å². The Kier molecular flexibility index (Phi) is 4.41. The topological polar surface area (TPSA) is 119 Å². The highest BCUT2D eigenvalue weighted by Crippen LogP contribution is 2.27. The maximum absolute atomic E-state index is 10.9. The Hall–Kier alpha value is -2.87. The van der Waals surface area contributed by atoms with E-state index in [0.29, 0.717) is 5.82 Å². The molecule has 0 aliphatic rings. The lowest BCUT2D eigenvalue weighted by Crippen LogP contribution is -2.26. The van der Waals surface area contributed by atoms with Crippen LogP contribution >= 0.6 is 0 Å². The molecular weight excluding hydrogens is 236 g/mol. The van der Waals surface area contributed by atoms with Gasteiger partial charge in [0, 0.05) is 13.1 Å². The molecule has 0 fully saturated rings. The first-order valence-electron chi connectivity index (χ1n) is 4.96. The molecule has 0 aliphatic heterocycles. The van der Waals surface area contributed by atoms with Gasteiger partial charge in [0.15, 0.2) is 0 Å². The summed E-state index contributed by atoms with van der Waals surface area (Å²) < 4.78 is 0. The van der Waals surface area contributed by atoms with Crippen molar-refractivity contribution in [3.63, 3.8) is 0 Å². The highest BCUT2D eigenvalue weighted by molar-refractivity contribution is 5.62. The van der Waals surface area contributed by atoms with Crippen LogP contribution in [0.15, 0.2) is 12.1 Å². The summed E-state index contributed by atoms with van der Waals surface area (Å²) in [5.41, 5.74) is -0.237. The van der Waals surface area contributed by atoms with Crippen molar-refractivity contribution >= 4 is 17.3 Å². The number of rotatable bonds is 5. The normalized spacial score (nSPS) is 9.06. The van der Waals surface area contributed by atoms with Crippen LogP contribution in [0.1, 0.15) is 0 Å². The molecule has 0 unspecified atom stereocenters. The fraction of sp³-hybridized carbons (Fsp3) is 0.300. The summed E-state index contributed by atoms with van der Waals surface area (Å²) in [4.78, 5) is 15.6. The van der Waals surface area contributed by atoms with Crippen LogP contribution in [0.4, 0.5) is 17.3 Å². The summed E-state index contributed by atoms with van der Waals surface area (Å²) in [6.45, 7) is -0.289. The summed E-state index contributed by atoms with van der Waals surface area (Å²) in [6, 6.07) is 6.44. The zero-order valence-corrected chi connectivity index (χ0v) is 9.62. The first-order valence-corrected chi connectivity index (χ1v) is 4.96. The van der Waals surface area contributed by atoms with E-state index < -0.39 is 4.92 Å². The van der Waals surface area contributed by atoms with Gasteiger partial charge in [-0.3, -0.25) is 10.1 Å². The Balaban J connectivity index is 3.28. The molecule has 0 aromatic carbocycles. The molecule has 0 atom stereocenters. The van der Waals surface area contributed by atoms with Crippen molar-refractivity contribution in [3.8, 4) is 12.1 Å². The van der Waals surface area contributed by atoms with Gasteiger partial charge in [-0.2, -0.15) is 10.5 Å². The van der Waals surface area contributed by atoms with Crippen LogP contribution in [-0.2, 0) is 0 Å². The molecule has 8 nitrogen and oxygen atoms in total. The molecule has 18 heavy (non-hydrogen) atoms. The number of aromatic nitrogens is 1. The molecule has 1 heterocycles. The lowest BCUT2D eigenvalue weighted by atomic mass is 10.3. The molecule has 8 heteroatoms. The van der Waals surface area contributed by atoms with Gasteiger partial charge in [0.2, 0.25) is 5.82 Å². The van der Waals surface area contributed by atoms with Gasteiger partial charge in [-0.25, -0.2) is 4.98 Å². The standard InChI is InChI=1S/C10H10N6O2/c1-13-9-3-2-8(16(17)18)10(14-9)15(6-4-11)7-5-12/h2-3H,6-7H2,1H3,(H,13,14). The van der Waals surface area contributed by atoms with E-state index in [1.165, 1.54) is 17.0 Å². The van der Waals surface area contributed by atoms with Crippen molar-refractivity contribution in [2.24, 2.45) is 0 Å². The number of hydrogen-bond donors (Lipinski definition) is 1. The number of pyridine rings is 1. The Labute approximate surface area is 103 Å². The second kappa shape index (κ2) is 6.01. The van der Waals surface area contributed by atoms with Gasteiger partial charge in [0.05, 0.1) is 17.1 Å². The van der Waals surface area contributed by atoms with Crippen molar-refractivity contribution < 1.29 is 4.92 Å². The van der Waals surface area contributed by atoms with Gasteiger partial charge >= 0.3 is 5.69 Å². The molecule has 0 saturated carbocycles. The van der Waals surface area contributed by atoms with Gasteiger partial charge in [-0.1, -0.05) is 0 Å². The molecule has 0 aliphatic carbocycles. The highest BCUT2D eigenvalue weighted by Gasteiger charge is 2.21. The van der Waals surface area contributed by atoms with E-state index in [0.717, 1.165) is 0 Å². The molecule has 0 amide bonds. The smallest absolute Gasteiger partial charge is 0.311 e. The fourth-order valence-electron chi connectivity index (χ4n) is 1.33. The van der Waals surface area contributed by atoms with Crippen molar-refractivity contribution in [1.29, 1.82) is 10.5 Å². The first-order chi connectivity index (χ1) is 8.63. The molecule has 92 valence electrons. The number of nitro groups is 1.